The van der Waals surface area contributed by atoms with Gasteiger partial charge in [0.05, 0.1) is 6.42 Å². The molecule has 128 valence electrons. The summed E-state index contributed by atoms with van der Waals surface area (Å²) in [5.41, 5.74) is 0.351. The molecule has 1 fully saturated rings. The number of hydrogen-bond acceptors (Lipinski definition) is 2. The molecule has 3 nitrogen and oxygen atoms in total. The highest BCUT2D eigenvalue weighted by Gasteiger charge is 2.29. The number of nitrogens with one attached hydrogen (secondary N) is 2. The molecule has 1 heterocycles. The van der Waals surface area contributed by atoms with Gasteiger partial charge in [0, 0.05) is 12.1 Å². The zero-order valence-corrected chi connectivity index (χ0v) is 13.2. The predicted octanol–water partition coefficient (Wildman–Crippen LogP) is 3.76. The van der Waals surface area contributed by atoms with E-state index in [1.807, 2.05) is 6.92 Å². The maximum absolute atomic E-state index is 12.6. The minimum atomic E-state index is -4.29. The highest BCUT2D eigenvalue weighted by molar-refractivity contribution is 5.91. The van der Waals surface area contributed by atoms with Crippen molar-refractivity contribution < 1.29 is 18.0 Å². The van der Waals surface area contributed by atoms with Crippen molar-refractivity contribution in [1.82, 2.24) is 5.32 Å². The van der Waals surface area contributed by atoms with Crippen molar-refractivity contribution in [1.29, 1.82) is 0 Å². The normalized spacial score (nSPS) is 20.1. The van der Waals surface area contributed by atoms with Gasteiger partial charge in [0.15, 0.2) is 0 Å². The summed E-state index contributed by atoms with van der Waals surface area (Å²) in [6.45, 7) is 3.94. The number of piperidine rings is 1. The Balaban J connectivity index is 1.94. The lowest BCUT2D eigenvalue weighted by molar-refractivity contribution is -0.127. The molecule has 2 N–H and O–H groups in total. The molecule has 2 unspecified atom stereocenters. The number of amides is 1. The Morgan fingerprint density at radius 3 is 2.78 bits per heavy atom. The van der Waals surface area contributed by atoms with Gasteiger partial charge in [0.25, 0.3) is 0 Å². The third-order valence-electron chi connectivity index (χ3n) is 4.33. The Morgan fingerprint density at radius 2 is 2.13 bits per heavy atom. The fourth-order valence-electron chi connectivity index (χ4n) is 3.04. The molecule has 1 amide bonds. The van der Waals surface area contributed by atoms with Crippen LogP contribution in [0.25, 0.3) is 0 Å². The first kappa shape index (κ1) is 17.8. The maximum atomic E-state index is 12.6. The molecular formula is C17H23F3N2O. The average Bonchev–Trinajstić information content (AvgIpc) is 2.48. The van der Waals surface area contributed by atoms with Crippen LogP contribution in [0.2, 0.25) is 0 Å². The van der Waals surface area contributed by atoms with E-state index in [2.05, 4.69) is 10.6 Å². The molecule has 1 aliphatic rings. The first-order valence-electron chi connectivity index (χ1n) is 8.00. The van der Waals surface area contributed by atoms with E-state index in [9.17, 15) is 18.0 Å². The lowest BCUT2D eigenvalue weighted by Gasteiger charge is -2.28. The first-order chi connectivity index (χ1) is 10.8. The van der Waals surface area contributed by atoms with E-state index in [1.165, 1.54) is 12.1 Å². The van der Waals surface area contributed by atoms with Crippen molar-refractivity contribution >= 4 is 11.6 Å². The average molecular weight is 328 g/mol. The third-order valence-corrected chi connectivity index (χ3v) is 4.33. The van der Waals surface area contributed by atoms with Crippen LogP contribution in [0.1, 0.15) is 31.7 Å². The number of carbonyl (C=O) groups excluding carboxylic acids is 1. The summed E-state index contributed by atoms with van der Waals surface area (Å²) < 4.78 is 37.8. The molecule has 0 aromatic heterocycles. The van der Waals surface area contributed by atoms with Crippen LogP contribution in [0.4, 0.5) is 18.9 Å². The van der Waals surface area contributed by atoms with Gasteiger partial charge in [-0.25, -0.2) is 0 Å². The van der Waals surface area contributed by atoms with Crippen molar-refractivity contribution in [2.75, 3.05) is 18.4 Å². The number of alkyl halides is 3. The van der Waals surface area contributed by atoms with Gasteiger partial charge in [0.2, 0.25) is 5.91 Å². The molecule has 1 saturated heterocycles. The van der Waals surface area contributed by atoms with Crippen molar-refractivity contribution in [3.63, 3.8) is 0 Å². The van der Waals surface area contributed by atoms with Gasteiger partial charge in [0.1, 0.15) is 0 Å². The van der Waals surface area contributed by atoms with Gasteiger partial charge in [-0.3, -0.25) is 4.79 Å². The second kappa shape index (κ2) is 7.81. The second-order valence-electron chi connectivity index (χ2n) is 6.29. The van der Waals surface area contributed by atoms with Crippen molar-refractivity contribution in [3.8, 4) is 0 Å². The number of rotatable bonds is 5. The number of benzene rings is 1. The number of para-hydroxylation sites is 1. The van der Waals surface area contributed by atoms with Gasteiger partial charge in [-0.2, -0.15) is 13.2 Å². The molecule has 1 aromatic carbocycles. The van der Waals surface area contributed by atoms with Gasteiger partial charge in [-0.15, -0.1) is 0 Å². The largest absolute Gasteiger partial charge is 0.393 e. The molecule has 6 heteroatoms. The molecule has 0 saturated carbocycles. The summed E-state index contributed by atoms with van der Waals surface area (Å²) in [7, 11) is 0. The SMILES string of the molecule is CC(CC(=O)Nc1ccccc1CC(F)(F)F)C1CCCNC1. The van der Waals surface area contributed by atoms with E-state index in [1.54, 1.807) is 12.1 Å². The van der Waals surface area contributed by atoms with Gasteiger partial charge >= 0.3 is 6.18 Å². The van der Waals surface area contributed by atoms with Crippen LogP contribution in [-0.4, -0.2) is 25.2 Å². The van der Waals surface area contributed by atoms with E-state index in [-0.39, 0.29) is 23.1 Å². The van der Waals surface area contributed by atoms with Crippen LogP contribution in [0.3, 0.4) is 0 Å². The van der Waals surface area contributed by atoms with Crippen LogP contribution in [-0.2, 0) is 11.2 Å². The van der Waals surface area contributed by atoms with Crippen molar-refractivity contribution in [2.45, 2.75) is 38.8 Å². The number of carbonyl (C=O) groups is 1. The summed E-state index contributed by atoms with van der Waals surface area (Å²) in [5, 5.41) is 5.96. The lowest BCUT2D eigenvalue weighted by atomic mass is 9.85. The molecule has 23 heavy (non-hydrogen) atoms. The van der Waals surface area contributed by atoms with Gasteiger partial charge in [-0.1, -0.05) is 25.1 Å². The summed E-state index contributed by atoms with van der Waals surface area (Å²) in [4.78, 5) is 12.2. The molecule has 0 aliphatic carbocycles. The van der Waals surface area contributed by atoms with E-state index in [0.29, 0.717) is 12.3 Å². The van der Waals surface area contributed by atoms with Crippen LogP contribution < -0.4 is 10.6 Å². The molecule has 0 bridgehead atoms. The monoisotopic (exact) mass is 328 g/mol. The maximum Gasteiger partial charge on any atom is 0.393 e. The minimum Gasteiger partial charge on any atom is -0.326 e. The Labute approximate surface area is 134 Å². The molecular weight excluding hydrogens is 305 g/mol. The van der Waals surface area contributed by atoms with E-state index < -0.39 is 12.6 Å². The van der Waals surface area contributed by atoms with Gasteiger partial charge in [-0.05, 0) is 49.4 Å². The summed E-state index contributed by atoms with van der Waals surface area (Å²) in [6, 6.07) is 6.10. The van der Waals surface area contributed by atoms with Crippen molar-refractivity contribution in [2.24, 2.45) is 11.8 Å². The number of anilines is 1. The molecule has 2 atom stereocenters. The number of hydrogen-bond donors (Lipinski definition) is 2. The molecule has 1 aromatic rings. The van der Waals surface area contributed by atoms with Crippen LogP contribution >= 0.6 is 0 Å². The Hall–Kier alpha value is -1.56. The fourth-order valence-corrected chi connectivity index (χ4v) is 3.04. The smallest absolute Gasteiger partial charge is 0.326 e. The molecule has 0 spiro atoms. The van der Waals surface area contributed by atoms with E-state index in [0.717, 1.165) is 25.9 Å². The number of halogens is 3. The molecule has 0 radical (unpaired) electrons. The van der Waals surface area contributed by atoms with Crippen LogP contribution in [0, 0.1) is 11.8 Å². The minimum absolute atomic E-state index is 0.0975. The Bertz CT molecular complexity index is 525. The first-order valence-corrected chi connectivity index (χ1v) is 8.00. The standard InChI is InChI=1S/C17H23F3N2O/c1-12(14-6-4-8-21-11-14)9-16(23)22-15-7-3-2-5-13(15)10-17(18,19)20/h2-3,5,7,12,14,21H,4,6,8-11H2,1H3,(H,22,23). The zero-order chi connectivity index (χ0) is 16.9. The quantitative estimate of drug-likeness (QED) is 0.864. The summed E-state index contributed by atoms with van der Waals surface area (Å²) >= 11 is 0. The zero-order valence-electron chi connectivity index (χ0n) is 13.2. The highest BCUT2D eigenvalue weighted by Crippen LogP contribution is 2.27. The lowest BCUT2D eigenvalue weighted by Crippen LogP contribution is -2.34. The summed E-state index contributed by atoms with van der Waals surface area (Å²) in [5.74, 6) is 0.426. The van der Waals surface area contributed by atoms with Crippen LogP contribution in [0.5, 0.6) is 0 Å². The Kier molecular flexibility index (Phi) is 6.04. The predicted molar refractivity (Wildman–Crippen MR) is 84.2 cm³/mol. The van der Waals surface area contributed by atoms with Gasteiger partial charge < -0.3 is 10.6 Å². The topological polar surface area (TPSA) is 41.1 Å². The highest BCUT2D eigenvalue weighted by atomic mass is 19.4. The Morgan fingerprint density at radius 1 is 1.39 bits per heavy atom. The molecule has 1 aliphatic heterocycles. The molecule has 2 rings (SSSR count). The third kappa shape index (κ3) is 5.86. The van der Waals surface area contributed by atoms with Crippen LogP contribution in [0.15, 0.2) is 24.3 Å². The van der Waals surface area contributed by atoms with E-state index >= 15 is 0 Å². The van der Waals surface area contributed by atoms with Crippen molar-refractivity contribution in [3.05, 3.63) is 29.8 Å². The second-order valence-corrected chi connectivity index (χ2v) is 6.29. The summed E-state index contributed by atoms with van der Waals surface area (Å²) in [6.07, 6.45) is -2.81. The van der Waals surface area contributed by atoms with E-state index in [4.69, 9.17) is 0 Å². The fraction of sp³-hybridized carbons (Fsp3) is 0.588.